The van der Waals surface area contributed by atoms with Crippen LogP contribution in [0.15, 0.2) is 77.7 Å². The van der Waals surface area contributed by atoms with Crippen LogP contribution >= 0.6 is 11.8 Å². The molecule has 0 aromatic heterocycles. The number of para-hydroxylation sites is 2. The van der Waals surface area contributed by atoms with Gasteiger partial charge in [0.25, 0.3) is 0 Å². The first-order chi connectivity index (χ1) is 16.9. The predicted octanol–water partition coefficient (Wildman–Crippen LogP) is 4.18. The molecule has 1 atom stereocenters. The van der Waals surface area contributed by atoms with Crippen molar-refractivity contribution in [2.75, 3.05) is 24.4 Å². The number of hydrogen-bond acceptors (Lipinski definition) is 7. The van der Waals surface area contributed by atoms with Gasteiger partial charge in [0, 0.05) is 17.0 Å². The Bertz CT molecular complexity index is 1270. The summed E-state index contributed by atoms with van der Waals surface area (Å²) in [5.41, 5.74) is 1.77. The van der Waals surface area contributed by atoms with E-state index in [1.165, 1.54) is 31.0 Å². The SMILES string of the molecule is COc1ccccc1C(=O)COC(=O)c1ccc(NC(=O)CC2Sc3ccccc3NC2=O)cc1. The number of carbonyl (C=O) groups excluding carboxylic acids is 4. The van der Waals surface area contributed by atoms with Crippen LogP contribution in [-0.2, 0) is 14.3 Å². The molecule has 0 saturated heterocycles. The van der Waals surface area contributed by atoms with E-state index in [9.17, 15) is 19.2 Å². The van der Waals surface area contributed by atoms with Gasteiger partial charge in [-0.25, -0.2) is 4.79 Å². The van der Waals surface area contributed by atoms with E-state index in [4.69, 9.17) is 9.47 Å². The van der Waals surface area contributed by atoms with Crippen LogP contribution in [0.1, 0.15) is 27.1 Å². The third-order valence-electron chi connectivity index (χ3n) is 5.22. The van der Waals surface area contributed by atoms with Crippen LogP contribution in [0.2, 0.25) is 0 Å². The Labute approximate surface area is 206 Å². The van der Waals surface area contributed by atoms with Crippen molar-refractivity contribution in [1.82, 2.24) is 0 Å². The van der Waals surface area contributed by atoms with Crippen LogP contribution in [0.5, 0.6) is 5.75 Å². The van der Waals surface area contributed by atoms with Crippen molar-refractivity contribution in [1.29, 1.82) is 0 Å². The number of esters is 1. The molecule has 178 valence electrons. The van der Waals surface area contributed by atoms with Gasteiger partial charge in [-0.1, -0.05) is 24.3 Å². The molecule has 4 rings (SSSR count). The molecule has 0 radical (unpaired) electrons. The third-order valence-corrected chi connectivity index (χ3v) is 6.50. The van der Waals surface area contributed by atoms with Crippen LogP contribution in [0, 0.1) is 0 Å². The van der Waals surface area contributed by atoms with E-state index >= 15 is 0 Å². The van der Waals surface area contributed by atoms with Crippen LogP contribution in [0.3, 0.4) is 0 Å². The summed E-state index contributed by atoms with van der Waals surface area (Å²) >= 11 is 1.35. The van der Waals surface area contributed by atoms with Crippen LogP contribution < -0.4 is 15.4 Å². The highest BCUT2D eigenvalue weighted by atomic mass is 32.2. The molecular formula is C26H22N2O6S. The lowest BCUT2D eigenvalue weighted by Crippen LogP contribution is -2.32. The topological polar surface area (TPSA) is 111 Å². The van der Waals surface area contributed by atoms with E-state index in [0.717, 1.165) is 10.6 Å². The number of hydrogen-bond donors (Lipinski definition) is 2. The number of amides is 2. The van der Waals surface area contributed by atoms with Gasteiger partial charge >= 0.3 is 5.97 Å². The Kier molecular flexibility index (Phi) is 7.47. The minimum atomic E-state index is -0.667. The van der Waals surface area contributed by atoms with Crippen molar-refractivity contribution in [3.63, 3.8) is 0 Å². The number of ketones is 1. The van der Waals surface area contributed by atoms with Gasteiger partial charge < -0.3 is 20.1 Å². The van der Waals surface area contributed by atoms with E-state index in [-0.39, 0.29) is 29.6 Å². The molecule has 0 fully saturated rings. The number of carbonyl (C=O) groups is 4. The number of rotatable bonds is 8. The first-order valence-corrected chi connectivity index (χ1v) is 11.6. The van der Waals surface area contributed by atoms with E-state index < -0.39 is 17.8 Å². The standard InChI is InChI=1S/C26H22N2O6S/c1-33-21-8-4-2-6-18(21)20(29)15-34-26(32)16-10-12-17(13-11-16)27-24(30)14-23-25(31)28-19-7-3-5-9-22(19)35-23/h2-13,23H,14-15H2,1H3,(H,27,30)(H,28,31). The molecule has 0 bridgehead atoms. The Morgan fingerprint density at radius 3 is 2.46 bits per heavy atom. The zero-order chi connectivity index (χ0) is 24.8. The molecule has 3 aromatic rings. The molecule has 2 N–H and O–H groups in total. The van der Waals surface area contributed by atoms with Crippen LogP contribution in [0.4, 0.5) is 11.4 Å². The first-order valence-electron chi connectivity index (χ1n) is 10.7. The minimum Gasteiger partial charge on any atom is -0.496 e. The van der Waals surface area contributed by atoms with E-state index in [2.05, 4.69) is 10.6 Å². The van der Waals surface area contributed by atoms with Crippen LogP contribution in [0.25, 0.3) is 0 Å². The highest BCUT2D eigenvalue weighted by molar-refractivity contribution is 8.01. The quantitative estimate of drug-likeness (QED) is 0.360. The van der Waals surface area contributed by atoms with Gasteiger partial charge in [-0.2, -0.15) is 0 Å². The van der Waals surface area contributed by atoms with Gasteiger partial charge in [0.15, 0.2) is 6.61 Å². The van der Waals surface area contributed by atoms with Crippen molar-refractivity contribution >= 4 is 46.7 Å². The van der Waals surface area contributed by atoms with E-state index in [1.807, 2.05) is 24.3 Å². The molecule has 1 aliphatic rings. The highest BCUT2D eigenvalue weighted by Crippen LogP contribution is 2.36. The summed E-state index contributed by atoms with van der Waals surface area (Å²) in [6.45, 7) is -0.429. The number of Topliss-reactive ketones (excluding diaryl/α,β-unsaturated/α-hetero) is 1. The maximum Gasteiger partial charge on any atom is 0.338 e. The summed E-state index contributed by atoms with van der Waals surface area (Å²) in [5.74, 6) is -1.19. The summed E-state index contributed by atoms with van der Waals surface area (Å²) in [6, 6.07) is 20.2. The Morgan fingerprint density at radius 2 is 1.69 bits per heavy atom. The average Bonchev–Trinajstić information content (AvgIpc) is 2.87. The van der Waals surface area contributed by atoms with E-state index in [1.54, 1.807) is 36.4 Å². The van der Waals surface area contributed by atoms with Crippen molar-refractivity contribution in [3.05, 3.63) is 83.9 Å². The molecule has 3 aromatic carbocycles. The molecule has 9 heteroatoms. The Hall–Kier alpha value is -4.11. The molecule has 0 aliphatic carbocycles. The number of anilines is 2. The second kappa shape index (κ2) is 10.9. The molecule has 35 heavy (non-hydrogen) atoms. The van der Waals surface area contributed by atoms with Gasteiger partial charge in [-0.3, -0.25) is 14.4 Å². The minimum absolute atomic E-state index is 0.000310. The highest BCUT2D eigenvalue weighted by Gasteiger charge is 2.28. The summed E-state index contributed by atoms with van der Waals surface area (Å²) in [7, 11) is 1.46. The largest absolute Gasteiger partial charge is 0.496 e. The fraction of sp³-hybridized carbons (Fsp3) is 0.154. The molecule has 0 saturated carbocycles. The Balaban J connectivity index is 1.29. The number of methoxy groups -OCH3 is 1. The molecule has 1 heterocycles. The van der Waals surface area contributed by atoms with Gasteiger partial charge in [0.05, 0.1) is 29.2 Å². The smallest absolute Gasteiger partial charge is 0.338 e. The average molecular weight is 491 g/mol. The number of benzene rings is 3. The normalized spacial score (nSPS) is 14.3. The molecule has 1 aliphatic heterocycles. The maximum absolute atomic E-state index is 12.5. The van der Waals surface area contributed by atoms with Gasteiger partial charge in [0.2, 0.25) is 17.6 Å². The molecule has 0 spiro atoms. The Morgan fingerprint density at radius 1 is 0.971 bits per heavy atom. The number of fused-ring (bicyclic) bond motifs is 1. The van der Waals surface area contributed by atoms with Gasteiger partial charge in [-0.05, 0) is 48.5 Å². The first kappa shape index (κ1) is 24.0. The van der Waals surface area contributed by atoms with Crippen molar-refractivity contribution in [2.45, 2.75) is 16.6 Å². The molecular weight excluding hydrogens is 468 g/mol. The van der Waals surface area contributed by atoms with Gasteiger partial charge in [-0.15, -0.1) is 11.8 Å². The fourth-order valence-corrected chi connectivity index (χ4v) is 4.57. The third kappa shape index (κ3) is 5.88. The molecule has 1 unspecified atom stereocenters. The summed E-state index contributed by atoms with van der Waals surface area (Å²) in [6.07, 6.45) is -0.000310. The monoisotopic (exact) mass is 490 g/mol. The van der Waals surface area contributed by atoms with Crippen molar-refractivity contribution in [3.8, 4) is 5.75 Å². The number of thioether (sulfide) groups is 1. The summed E-state index contributed by atoms with van der Waals surface area (Å²) in [4.78, 5) is 50.4. The molecule has 2 amide bonds. The maximum atomic E-state index is 12.5. The number of nitrogens with one attached hydrogen (secondary N) is 2. The lowest BCUT2D eigenvalue weighted by molar-refractivity contribution is -0.120. The molecule has 8 nitrogen and oxygen atoms in total. The summed E-state index contributed by atoms with van der Waals surface area (Å²) < 4.78 is 10.3. The zero-order valence-electron chi connectivity index (χ0n) is 18.8. The zero-order valence-corrected chi connectivity index (χ0v) is 19.6. The second-order valence-electron chi connectivity index (χ2n) is 7.62. The van der Waals surface area contributed by atoms with Crippen molar-refractivity contribution in [2.24, 2.45) is 0 Å². The number of ether oxygens (including phenoxy) is 2. The summed E-state index contributed by atoms with van der Waals surface area (Å²) in [5, 5.41) is 5.00. The van der Waals surface area contributed by atoms with E-state index in [0.29, 0.717) is 17.0 Å². The second-order valence-corrected chi connectivity index (χ2v) is 8.87. The predicted molar refractivity (Wildman–Crippen MR) is 132 cm³/mol. The fourth-order valence-electron chi connectivity index (χ4n) is 3.46. The van der Waals surface area contributed by atoms with Crippen LogP contribution in [-0.4, -0.2) is 42.5 Å². The van der Waals surface area contributed by atoms with Gasteiger partial charge in [0.1, 0.15) is 5.75 Å². The lowest BCUT2D eigenvalue weighted by atomic mass is 10.1. The van der Waals surface area contributed by atoms with Crippen molar-refractivity contribution < 1.29 is 28.7 Å². The lowest BCUT2D eigenvalue weighted by Gasteiger charge is -2.23.